The minimum atomic E-state index is -0.462. The van der Waals surface area contributed by atoms with Crippen LogP contribution in [-0.2, 0) is 14.2 Å². The number of aromatic nitrogens is 2. The molecule has 8 heteroatoms. The minimum Gasteiger partial charge on any atom is -0.444 e. The van der Waals surface area contributed by atoms with E-state index in [1.54, 1.807) is 0 Å². The quantitative estimate of drug-likeness (QED) is 0.488. The van der Waals surface area contributed by atoms with E-state index in [4.69, 9.17) is 19.3 Å². The highest BCUT2D eigenvalue weighted by Gasteiger charge is 2.57. The van der Waals surface area contributed by atoms with Gasteiger partial charge in [-0.1, -0.05) is 0 Å². The zero-order chi connectivity index (χ0) is 25.9. The van der Waals surface area contributed by atoms with Gasteiger partial charge in [0.05, 0.1) is 6.04 Å². The van der Waals surface area contributed by atoms with Crippen LogP contribution in [0.1, 0.15) is 96.9 Å². The summed E-state index contributed by atoms with van der Waals surface area (Å²) in [5, 5.41) is 5.25. The highest BCUT2D eigenvalue weighted by Crippen LogP contribution is 2.56. The third-order valence-electron chi connectivity index (χ3n) is 9.05. The van der Waals surface area contributed by atoms with Crippen LogP contribution < -0.4 is 4.90 Å². The lowest BCUT2D eigenvalue weighted by atomic mass is 9.61. The summed E-state index contributed by atoms with van der Waals surface area (Å²) in [6.45, 7) is 18.2. The van der Waals surface area contributed by atoms with E-state index in [0.717, 1.165) is 51.1 Å². The number of amides is 1. The largest absolute Gasteiger partial charge is 0.444 e. The van der Waals surface area contributed by atoms with E-state index in [9.17, 15) is 4.79 Å². The van der Waals surface area contributed by atoms with Crippen molar-refractivity contribution < 1.29 is 19.0 Å². The van der Waals surface area contributed by atoms with Gasteiger partial charge in [0.25, 0.3) is 0 Å². The molecule has 2 aliphatic carbocycles. The van der Waals surface area contributed by atoms with Crippen LogP contribution in [0.3, 0.4) is 0 Å². The van der Waals surface area contributed by atoms with Crippen LogP contribution in [0.15, 0.2) is 0 Å². The molecule has 36 heavy (non-hydrogen) atoms. The summed E-state index contributed by atoms with van der Waals surface area (Å²) in [6, 6.07) is 0.409. The molecule has 3 heterocycles. The van der Waals surface area contributed by atoms with Gasteiger partial charge in [0.1, 0.15) is 5.60 Å². The van der Waals surface area contributed by atoms with Crippen LogP contribution in [-0.4, -0.2) is 70.5 Å². The van der Waals surface area contributed by atoms with E-state index in [1.807, 2.05) is 25.7 Å². The molecule has 202 valence electrons. The molecule has 4 fully saturated rings. The van der Waals surface area contributed by atoms with E-state index in [-0.39, 0.29) is 17.0 Å². The standard InChI is InChI=1S/C28H46N4O4/c1-8-34-28(35-9-2)13-14-31(27(17-28)11-10-12-27)23-20(3)21(4)32(29-23)22-15-26(16-22)18-30(19-26)24(33)36-25(5,6)7/h22H,8-19H2,1-7H3. The first kappa shape index (κ1) is 25.8. The molecule has 2 spiro atoms. The zero-order valence-electron chi connectivity index (χ0n) is 23.5. The fraction of sp³-hybridized carbons (Fsp3) is 0.857. The predicted octanol–water partition coefficient (Wildman–Crippen LogP) is 5.36. The molecule has 0 N–H and O–H groups in total. The number of likely N-dealkylation sites (tertiary alicyclic amines) is 1. The van der Waals surface area contributed by atoms with E-state index in [1.165, 1.54) is 30.5 Å². The molecule has 0 aromatic carbocycles. The summed E-state index contributed by atoms with van der Waals surface area (Å²) >= 11 is 0. The van der Waals surface area contributed by atoms with Crippen molar-refractivity contribution in [3.05, 3.63) is 11.3 Å². The second-order valence-electron chi connectivity index (χ2n) is 12.8. The Labute approximate surface area is 216 Å². The lowest BCUT2D eigenvalue weighted by molar-refractivity contribution is -0.258. The Morgan fingerprint density at radius 2 is 1.69 bits per heavy atom. The molecule has 5 rings (SSSR count). The normalized spacial score (nSPS) is 24.4. The molecule has 2 saturated carbocycles. The molecular formula is C28H46N4O4. The van der Waals surface area contributed by atoms with Crippen molar-refractivity contribution in [1.29, 1.82) is 0 Å². The maximum Gasteiger partial charge on any atom is 0.410 e. The molecule has 1 aromatic rings. The maximum atomic E-state index is 12.4. The Kier molecular flexibility index (Phi) is 6.38. The second kappa shape index (κ2) is 8.90. The van der Waals surface area contributed by atoms with Crippen molar-refractivity contribution in [1.82, 2.24) is 14.7 Å². The highest BCUT2D eigenvalue weighted by atomic mass is 16.7. The molecule has 8 nitrogen and oxygen atoms in total. The Bertz CT molecular complexity index is 972. The molecule has 1 amide bonds. The van der Waals surface area contributed by atoms with Gasteiger partial charge in [0, 0.05) is 67.9 Å². The average molecular weight is 503 g/mol. The summed E-state index contributed by atoms with van der Waals surface area (Å²) in [4.78, 5) is 16.8. The number of nitrogens with zero attached hydrogens (tertiary/aromatic N) is 4. The first-order valence-electron chi connectivity index (χ1n) is 14.0. The molecular weight excluding hydrogens is 456 g/mol. The molecule has 0 atom stereocenters. The minimum absolute atomic E-state index is 0.0850. The fourth-order valence-electron chi connectivity index (χ4n) is 7.17. The Balaban J connectivity index is 1.27. The topological polar surface area (TPSA) is 69.1 Å². The number of piperidine rings is 1. The molecule has 0 radical (unpaired) electrons. The van der Waals surface area contributed by atoms with Crippen LogP contribution in [0.5, 0.6) is 0 Å². The van der Waals surface area contributed by atoms with Gasteiger partial charge in [-0.2, -0.15) is 5.10 Å². The van der Waals surface area contributed by atoms with Gasteiger partial charge in [-0.15, -0.1) is 0 Å². The highest BCUT2D eigenvalue weighted by molar-refractivity contribution is 5.69. The maximum absolute atomic E-state index is 12.4. The number of rotatable bonds is 6. The van der Waals surface area contributed by atoms with Gasteiger partial charge in [0.15, 0.2) is 11.6 Å². The van der Waals surface area contributed by atoms with Crippen LogP contribution in [0.25, 0.3) is 0 Å². The summed E-state index contributed by atoms with van der Waals surface area (Å²) in [5.41, 5.74) is 2.45. The van der Waals surface area contributed by atoms with Gasteiger partial charge in [-0.3, -0.25) is 4.68 Å². The number of hydrogen-bond donors (Lipinski definition) is 0. The number of ether oxygens (including phenoxy) is 3. The third kappa shape index (κ3) is 4.32. The second-order valence-corrected chi connectivity index (χ2v) is 12.8. The van der Waals surface area contributed by atoms with Crippen LogP contribution in [0, 0.1) is 19.3 Å². The van der Waals surface area contributed by atoms with Gasteiger partial charge in [0.2, 0.25) is 0 Å². The van der Waals surface area contributed by atoms with Gasteiger partial charge in [-0.25, -0.2) is 4.79 Å². The molecule has 2 aliphatic heterocycles. The molecule has 0 unspecified atom stereocenters. The first-order valence-corrected chi connectivity index (χ1v) is 14.0. The molecule has 0 bridgehead atoms. The first-order chi connectivity index (χ1) is 16.9. The van der Waals surface area contributed by atoms with Gasteiger partial charge >= 0.3 is 6.09 Å². The third-order valence-corrected chi connectivity index (χ3v) is 9.05. The van der Waals surface area contributed by atoms with Crippen molar-refractivity contribution >= 4 is 11.9 Å². The number of anilines is 1. The summed E-state index contributed by atoms with van der Waals surface area (Å²) in [6.07, 6.45) is 7.36. The summed E-state index contributed by atoms with van der Waals surface area (Å²) in [5.74, 6) is 0.690. The van der Waals surface area contributed by atoms with Crippen molar-refractivity contribution in [2.45, 2.75) is 116 Å². The van der Waals surface area contributed by atoms with Crippen molar-refractivity contribution in [3.63, 3.8) is 0 Å². The number of carbonyl (C=O) groups is 1. The molecule has 1 aromatic heterocycles. The lowest BCUT2D eigenvalue weighted by Crippen LogP contribution is -2.65. The summed E-state index contributed by atoms with van der Waals surface area (Å²) in [7, 11) is 0. The Morgan fingerprint density at radius 3 is 2.22 bits per heavy atom. The van der Waals surface area contributed by atoms with Crippen LogP contribution in [0.2, 0.25) is 0 Å². The number of hydrogen-bond acceptors (Lipinski definition) is 6. The van der Waals surface area contributed by atoms with Crippen molar-refractivity contribution in [3.8, 4) is 0 Å². The van der Waals surface area contributed by atoms with E-state index < -0.39 is 11.4 Å². The molecule has 4 aliphatic rings. The van der Waals surface area contributed by atoms with Crippen molar-refractivity contribution in [2.75, 3.05) is 37.7 Å². The Morgan fingerprint density at radius 1 is 1.06 bits per heavy atom. The molecule has 2 saturated heterocycles. The predicted molar refractivity (Wildman–Crippen MR) is 139 cm³/mol. The number of carbonyl (C=O) groups excluding carboxylic acids is 1. The monoisotopic (exact) mass is 502 g/mol. The fourth-order valence-corrected chi connectivity index (χ4v) is 7.17. The SMILES string of the molecule is CCOC1(OCC)CCN(c2nn(C3CC4(C3)CN(C(=O)OC(C)(C)C)C4)c(C)c2C)C2(CCC2)C1. The Hall–Kier alpha value is -1.80. The van der Waals surface area contributed by atoms with Crippen LogP contribution in [0.4, 0.5) is 10.6 Å². The van der Waals surface area contributed by atoms with E-state index in [2.05, 4.69) is 37.3 Å². The van der Waals surface area contributed by atoms with E-state index in [0.29, 0.717) is 19.3 Å². The van der Waals surface area contributed by atoms with Gasteiger partial charge < -0.3 is 24.0 Å². The van der Waals surface area contributed by atoms with E-state index >= 15 is 0 Å². The lowest BCUT2D eigenvalue weighted by Gasteiger charge is -2.59. The zero-order valence-corrected chi connectivity index (χ0v) is 23.5. The average Bonchev–Trinajstić information content (AvgIpc) is 2.98. The van der Waals surface area contributed by atoms with Crippen molar-refractivity contribution in [2.24, 2.45) is 5.41 Å². The summed E-state index contributed by atoms with van der Waals surface area (Å²) < 4.78 is 20.3. The van der Waals surface area contributed by atoms with Gasteiger partial charge in [-0.05, 0) is 80.6 Å². The van der Waals surface area contributed by atoms with Crippen LogP contribution >= 0.6 is 0 Å². The smallest absolute Gasteiger partial charge is 0.410 e.